The van der Waals surface area contributed by atoms with Crippen molar-refractivity contribution < 1.29 is 10.2 Å². The highest BCUT2D eigenvalue weighted by Crippen LogP contribution is 2.23. The van der Waals surface area contributed by atoms with Gasteiger partial charge in [-0.25, -0.2) is 0 Å². The van der Waals surface area contributed by atoms with Crippen LogP contribution in [0.15, 0.2) is 0 Å². The van der Waals surface area contributed by atoms with Gasteiger partial charge < -0.3 is 10.2 Å². The second kappa shape index (κ2) is 7.24. The van der Waals surface area contributed by atoms with E-state index in [1.54, 1.807) is 0 Å². The molecule has 0 aliphatic carbocycles. The summed E-state index contributed by atoms with van der Waals surface area (Å²) in [6.07, 6.45) is 3.15. The van der Waals surface area contributed by atoms with Crippen LogP contribution in [0, 0.1) is 11.8 Å². The van der Waals surface area contributed by atoms with Gasteiger partial charge in [-0.3, -0.25) is 0 Å². The second-order valence-electron chi connectivity index (χ2n) is 4.43. The van der Waals surface area contributed by atoms with Crippen LogP contribution < -0.4 is 0 Å². The summed E-state index contributed by atoms with van der Waals surface area (Å²) in [5, 5.41) is 19.6. The maximum absolute atomic E-state index is 9.79. The topological polar surface area (TPSA) is 40.5 Å². The van der Waals surface area contributed by atoms with Crippen LogP contribution >= 0.6 is 0 Å². The van der Waals surface area contributed by atoms with Crippen LogP contribution in [0.2, 0.25) is 0 Å². The molecule has 14 heavy (non-hydrogen) atoms. The molecule has 4 atom stereocenters. The Hall–Kier alpha value is -0.0800. The standard InChI is InChI=1S/C12H26O2/c1-5-7-11(13)9(3)10(4)12(14)8-6-2/h9-14H,5-8H2,1-4H3. The number of hydrogen-bond donors (Lipinski definition) is 2. The van der Waals surface area contributed by atoms with Crippen molar-refractivity contribution in [3.05, 3.63) is 0 Å². The van der Waals surface area contributed by atoms with Crippen LogP contribution in [-0.2, 0) is 0 Å². The van der Waals surface area contributed by atoms with Crippen molar-refractivity contribution in [1.29, 1.82) is 0 Å². The first-order valence-corrected chi connectivity index (χ1v) is 5.90. The zero-order valence-corrected chi connectivity index (χ0v) is 10.0. The third-order valence-corrected chi connectivity index (χ3v) is 3.21. The normalized spacial score (nSPS) is 20.1. The summed E-state index contributed by atoms with van der Waals surface area (Å²) in [5.41, 5.74) is 0. The van der Waals surface area contributed by atoms with Gasteiger partial charge in [0.15, 0.2) is 0 Å². The Kier molecular flexibility index (Phi) is 7.20. The Morgan fingerprint density at radius 2 is 1.07 bits per heavy atom. The Bertz CT molecular complexity index is 120. The summed E-state index contributed by atoms with van der Waals surface area (Å²) >= 11 is 0. The third-order valence-electron chi connectivity index (χ3n) is 3.21. The number of aliphatic hydroxyl groups is 2. The first kappa shape index (κ1) is 13.9. The zero-order chi connectivity index (χ0) is 11.1. The van der Waals surface area contributed by atoms with E-state index in [1.165, 1.54) is 0 Å². The molecule has 0 aromatic heterocycles. The van der Waals surface area contributed by atoms with E-state index < -0.39 is 0 Å². The monoisotopic (exact) mass is 202 g/mol. The van der Waals surface area contributed by atoms with E-state index in [4.69, 9.17) is 0 Å². The van der Waals surface area contributed by atoms with Crippen molar-refractivity contribution in [3.63, 3.8) is 0 Å². The van der Waals surface area contributed by atoms with Gasteiger partial charge in [0.25, 0.3) is 0 Å². The highest BCUT2D eigenvalue weighted by Gasteiger charge is 2.25. The van der Waals surface area contributed by atoms with Crippen LogP contribution in [0.3, 0.4) is 0 Å². The largest absolute Gasteiger partial charge is 0.393 e. The lowest BCUT2D eigenvalue weighted by Gasteiger charge is -2.28. The molecule has 4 unspecified atom stereocenters. The summed E-state index contributed by atoms with van der Waals surface area (Å²) in [6.45, 7) is 8.21. The molecule has 0 fully saturated rings. The highest BCUT2D eigenvalue weighted by molar-refractivity contribution is 4.75. The summed E-state index contributed by atoms with van der Waals surface area (Å²) in [7, 11) is 0. The van der Waals surface area contributed by atoms with E-state index in [0.29, 0.717) is 0 Å². The number of rotatable bonds is 7. The molecule has 0 aliphatic rings. The molecule has 2 heteroatoms. The molecule has 0 saturated heterocycles. The molecule has 0 saturated carbocycles. The fraction of sp³-hybridized carbons (Fsp3) is 1.00. The van der Waals surface area contributed by atoms with Crippen LogP contribution in [-0.4, -0.2) is 22.4 Å². The van der Waals surface area contributed by atoms with Gasteiger partial charge in [0.1, 0.15) is 0 Å². The molecule has 0 aliphatic heterocycles. The average molecular weight is 202 g/mol. The van der Waals surface area contributed by atoms with Crippen molar-refractivity contribution in [2.45, 2.75) is 65.6 Å². The van der Waals surface area contributed by atoms with Crippen LogP contribution in [0.25, 0.3) is 0 Å². The summed E-state index contributed by atoms with van der Waals surface area (Å²) in [5.74, 6) is 0.382. The molecule has 0 aromatic rings. The average Bonchev–Trinajstić information content (AvgIpc) is 2.16. The van der Waals surface area contributed by atoms with Crippen LogP contribution in [0.1, 0.15) is 53.4 Å². The smallest absolute Gasteiger partial charge is 0.0569 e. The Morgan fingerprint density at radius 1 is 0.786 bits per heavy atom. The minimum atomic E-state index is -0.262. The first-order valence-electron chi connectivity index (χ1n) is 5.90. The van der Waals surface area contributed by atoms with E-state index in [2.05, 4.69) is 13.8 Å². The molecule has 0 heterocycles. The highest BCUT2D eigenvalue weighted by atomic mass is 16.3. The SMILES string of the molecule is CCCC(O)C(C)C(C)C(O)CCC. The molecule has 0 radical (unpaired) electrons. The van der Waals surface area contributed by atoms with E-state index in [9.17, 15) is 10.2 Å². The lowest BCUT2D eigenvalue weighted by molar-refractivity contribution is 0.0153. The van der Waals surface area contributed by atoms with Gasteiger partial charge in [0.05, 0.1) is 12.2 Å². The lowest BCUT2D eigenvalue weighted by atomic mass is 9.83. The van der Waals surface area contributed by atoms with E-state index >= 15 is 0 Å². The van der Waals surface area contributed by atoms with E-state index in [-0.39, 0.29) is 24.0 Å². The van der Waals surface area contributed by atoms with Gasteiger partial charge in [-0.15, -0.1) is 0 Å². The van der Waals surface area contributed by atoms with Crippen molar-refractivity contribution in [1.82, 2.24) is 0 Å². The molecule has 0 bridgehead atoms. The predicted molar refractivity (Wildman–Crippen MR) is 60.2 cm³/mol. The van der Waals surface area contributed by atoms with Gasteiger partial charge in [-0.2, -0.15) is 0 Å². The molecule has 0 spiro atoms. The molecule has 0 rings (SSSR count). The van der Waals surface area contributed by atoms with Crippen molar-refractivity contribution in [2.24, 2.45) is 11.8 Å². The fourth-order valence-corrected chi connectivity index (χ4v) is 1.82. The van der Waals surface area contributed by atoms with Gasteiger partial charge >= 0.3 is 0 Å². The summed E-state index contributed by atoms with van der Waals surface area (Å²) in [6, 6.07) is 0. The maximum Gasteiger partial charge on any atom is 0.0569 e. The molecular formula is C12H26O2. The quantitative estimate of drug-likeness (QED) is 0.666. The van der Waals surface area contributed by atoms with Gasteiger partial charge in [0, 0.05) is 0 Å². The summed E-state index contributed by atoms with van der Waals surface area (Å²) in [4.78, 5) is 0. The van der Waals surface area contributed by atoms with E-state index in [0.717, 1.165) is 25.7 Å². The maximum atomic E-state index is 9.79. The fourth-order valence-electron chi connectivity index (χ4n) is 1.82. The number of aliphatic hydroxyl groups excluding tert-OH is 2. The Morgan fingerprint density at radius 3 is 1.29 bits per heavy atom. The van der Waals surface area contributed by atoms with Gasteiger partial charge in [-0.1, -0.05) is 40.5 Å². The molecule has 0 amide bonds. The zero-order valence-electron chi connectivity index (χ0n) is 10.0. The molecule has 0 aromatic carbocycles. The molecular weight excluding hydrogens is 176 g/mol. The predicted octanol–water partition coefficient (Wildman–Crippen LogP) is 2.58. The second-order valence-corrected chi connectivity index (χ2v) is 4.43. The Labute approximate surface area is 88.3 Å². The van der Waals surface area contributed by atoms with Crippen molar-refractivity contribution in [3.8, 4) is 0 Å². The first-order chi connectivity index (χ1) is 6.54. The lowest BCUT2D eigenvalue weighted by Crippen LogP contribution is -2.31. The Balaban J connectivity index is 4.01. The van der Waals surface area contributed by atoms with Gasteiger partial charge in [-0.05, 0) is 24.7 Å². The third kappa shape index (κ3) is 4.43. The number of hydrogen-bond acceptors (Lipinski definition) is 2. The minimum absolute atomic E-state index is 0.191. The van der Waals surface area contributed by atoms with Crippen molar-refractivity contribution >= 4 is 0 Å². The van der Waals surface area contributed by atoms with Crippen LogP contribution in [0.4, 0.5) is 0 Å². The minimum Gasteiger partial charge on any atom is -0.393 e. The van der Waals surface area contributed by atoms with Crippen LogP contribution in [0.5, 0.6) is 0 Å². The molecule has 86 valence electrons. The summed E-state index contributed by atoms with van der Waals surface area (Å²) < 4.78 is 0. The molecule has 2 nitrogen and oxygen atoms in total. The van der Waals surface area contributed by atoms with Gasteiger partial charge in [0.2, 0.25) is 0 Å². The van der Waals surface area contributed by atoms with Crippen molar-refractivity contribution in [2.75, 3.05) is 0 Å². The van der Waals surface area contributed by atoms with E-state index in [1.807, 2.05) is 13.8 Å². The molecule has 2 N–H and O–H groups in total.